The Morgan fingerprint density at radius 1 is 1.10 bits per heavy atom. The van der Waals surface area contributed by atoms with Crippen LogP contribution in [0.1, 0.15) is 20.7 Å². The molecule has 0 radical (unpaired) electrons. The molecule has 2 N–H and O–H groups in total. The van der Waals surface area contributed by atoms with Crippen molar-refractivity contribution in [3.8, 4) is 0 Å². The molecule has 7 heteroatoms. The zero-order chi connectivity index (χ0) is 14.7. The van der Waals surface area contributed by atoms with Crippen LogP contribution in [0.25, 0.3) is 0 Å². The Labute approximate surface area is 129 Å². The molecule has 1 heterocycles. The highest BCUT2D eigenvalue weighted by atomic mass is 35.5. The minimum absolute atomic E-state index is 0.259. The predicted molar refractivity (Wildman–Crippen MR) is 82.1 cm³/mol. The summed E-state index contributed by atoms with van der Waals surface area (Å²) in [7, 11) is 1.53. The molecule has 2 amide bonds. The third kappa shape index (κ3) is 3.30. The minimum Gasteiger partial charge on any atom is -0.355 e. The van der Waals surface area contributed by atoms with Gasteiger partial charge < -0.3 is 10.6 Å². The molecule has 0 spiro atoms. The quantitative estimate of drug-likeness (QED) is 0.903. The van der Waals surface area contributed by atoms with E-state index in [0.717, 1.165) is 0 Å². The number of hydrogen-bond donors (Lipinski definition) is 2. The van der Waals surface area contributed by atoms with Gasteiger partial charge in [-0.3, -0.25) is 9.59 Å². The minimum atomic E-state index is -0.373. The van der Waals surface area contributed by atoms with E-state index in [9.17, 15) is 9.59 Å². The van der Waals surface area contributed by atoms with Gasteiger partial charge in [0.1, 0.15) is 5.00 Å². The summed E-state index contributed by atoms with van der Waals surface area (Å²) in [5.41, 5.74) is 0.748. The normalized spacial score (nSPS) is 10.2. The Morgan fingerprint density at radius 3 is 2.35 bits per heavy atom. The maximum absolute atomic E-state index is 12.1. The van der Waals surface area contributed by atoms with E-state index in [-0.39, 0.29) is 11.8 Å². The monoisotopic (exact) mass is 328 g/mol. The van der Waals surface area contributed by atoms with Gasteiger partial charge in [-0.2, -0.15) is 0 Å². The molecule has 0 fully saturated rings. The molecule has 4 nitrogen and oxygen atoms in total. The van der Waals surface area contributed by atoms with E-state index in [1.165, 1.54) is 30.5 Å². The number of benzene rings is 1. The van der Waals surface area contributed by atoms with Crippen LogP contribution in [0.4, 0.5) is 5.00 Å². The number of thiophene rings is 1. The summed E-state index contributed by atoms with van der Waals surface area (Å²) in [5.74, 6) is -0.632. The summed E-state index contributed by atoms with van der Waals surface area (Å²) in [4.78, 5) is 23.7. The molecule has 0 aliphatic rings. The average Bonchev–Trinajstić information content (AvgIpc) is 2.84. The molecule has 1 aromatic carbocycles. The lowest BCUT2D eigenvalue weighted by Gasteiger charge is -2.06. The first-order chi connectivity index (χ1) is 9.51. The molecule has 0 saturated heterocycles. The van der Waals surface area contributed by atoms with Crippen molar-refractivity contribution in [2.24, 2.45) is 0 Å². The fourth-order valence-electron chi connectivity index (χ4n) is 1.58. The molecule has 0 unspecified atom stereocenters. The molecule has 0 saturated carbocycles. The van der Waals surface area contributed by atoms with E-state index in [4.69, 9.17) is 23.2 Å². The Kier molecular flexibility index (Phi) is 4.65. The van der Waals surface area contributed by atoms with Gasteiger partial charge >= 0.3 is 0 Å². The molecule has 0 aliphatic heterocycles. The number of anilines is 1. The number of amides is 2. The van der Waals surface area contributed by atoms with Crippen LogP contribution in [0, 0.1) is 0 Å². The number of halogens is 2. The molecular formula is C13H10Cl2N2O2S. The number of hydrogen-bond acceptors (Lipinski definition) is 3. The third-order valence-corrected chi connectivity index (χ3v) is 3.75. The molecule has 2 rings (SSSR count). The van der Waals surface area contributed by atoms with Gasteiger partial charge in [0.25, 0.3) is 11.8 Å². The number of rotatable bonds is 3. The van der Waals surface area contributed by atoms with E-state index in [2.05, 4.69) is 10.6 Å². The van der Waals surface area contributed by atoms with Gasteiger partial charge in [-0.15, -0.1) is 11.3 Å². The van der Waals surface area contributed by atoms with Crippen LogP contribution in [-0.2, 0) is 0 Å². The molecule has 1 aromatic heterocycles. The molecular weight excluding hydrogens is 319 g/mol. The summed E-state index contributed by atoms with van der Waals surface area (Å²) >= 11 is 13.0. The Morgan fingerprint density at radius 2 is 1.75 bits per heavy atom. The maximum Gasteiger partial charge on any atom is 0.256 e. The molecule has 0 aliphatic carbocycles. The first kappa shape index (κ1) is 14.8. The fourth-order valence-corrected chi connectivity index (χ4v) is 2.89. The van der Waals surface area contributed by atoms with Gasteiger partial charge in [0.05, 0.1) is 5.56 Å². The fraction of sp³-hybridized carbons (Fsp3) is 0.0769. The van der Waals surface area contributed by atoms with Crippen molar-refractivity contribution in [2.75, 3.05) is 12.4 Å². The third-order valence-electron chi connectivity index (χ3n) is 2.49. The van der Waals surface area contributed by atoms with Crippen molar-refractivity contribution < 1.29 is 9.59 Å². The molecule has 20 heavy (non-hydrogen) atoms. The number of nitrogens with one attached hydrogen (secondary N) is 2. The van der Waals surface area contributed by atoms with Crippen LogP contribution in [0.3, 0.4) is 0 Å². The first-order valence-corrected chi connectivity index (χ1v) is 7.22. The van der Waals surface area contributed by atoms with Crippen LogP contribution in [-0.4, -0.2) is 18.9 Å². The lowest BCUT2D eigenvalue weighted by atomic mass is 10.2. The van der Waals surface area contributed by atoms with E-state index in [1.54, 1.807) is 17.5 Å². The topological polar surface area (TPSA) is 58.2 Å². The van der Waals surface area contributed by atoms with Crippen molar-refractivity contribution >= 4 is 51.4 Å². The summed E-state index contributed by atoms with van der Waals surface area (Å²) in [6, 6.07) is 6.21. The molecule has 0 bridgehead atoms. The summed E-state index contributed by atoms with van der Waals surface area (Å²) in [5, 5.41) is 8.15. The largest absolute Gasteiger partial charge is 0.355 e. The van der Waals surface area contributed by atoms with Crippen LogP contribution >= 0.6 is 34.5 Å². The van der Waals surface area contributed by atoms with Crippen molar-refractivity contribution in [2.45, 2.75) is 0 Å². The van der Waals surface area contributed by atoms with E-state index >= 15 is 0 Å². The second kappa shape index (κ2) is 6.26. The Hall–Kier alpha value is -1.56. The highest BCUT2D eigenvalue weighted by molar-refractivity contribution is 7.14. The van der Waals surface area contributed by atoms with Crippen LogP contribution in [0.2, 0.25) is 10.0 Å². The van der Waals surface area contributed by atoms with E-state index in [0.29, 0.717) is 26.2 Å². The number of carbonyl (C=O) groups excluding carboxylic acids is 2. The highest BCUT2D eigenvalue weighted by Gasteiger charge is 2.15. The lowest BCUT2D eigenvalue weighted by molar-refractivity contribution is 0.0964. The second-order valence-electron chi connectivity index (χ2n) is 3.85. The SMILES string of the molecule is CNC(=O)c1ccsc1NC(=O)c1cc(Cl)cc(Cl)c1. The van der Waals surface area contributed by atoms with Crippen molar-refractivity contribution in [1.82, 2.24) is 5.32 Å². The average molecular weight is 329 g/mol. The summed E-state index contributed by atoms with van der Waals surface area (Å²) in [6.45, 7) is 0. The van der Waals surface area contributed by atoms with Crippen LogP contribution in [0.5, 0.6) is 0 Å². The van der Waals surface area contributed by atoms with E-state index in [1.807, 2.05) is 0 Å². The second-order valence-corrected chi connectivity index (χ2v) is 5.64. The molecule has 2 aromatic rings. The van der Waals surface area contributed by atoms with Gasteiger partial charge in [-0.1, -0.05) is 23.2 Å². The van der Waals surface area contributed by atoms with Gasteiger partial charge in [0, 0.05) is 22.7 Å². The standard InChI is InChI=1S/C13H10Cl2N2O2S/c1-16-12(19)10-2-3-20-13(10)17-11(18)7-4-8(14)6-9(15)5-7/h2-6H,1H3,(H,16,19)(H,17,18). The molecule has 0 atom stereocenters. The predicted octanol–water partition coefficient (Wildman–Crippen LogP) is 3.67. The summed E-state index contributed by atoms with van der Waals surface area (Å²) < 4.78 is 0. The lowest BCUT2D eigenvalue weighted by Crippen LogP contribution is -2.20. The zero-order valence-corrected chi connectivity index (χ0v) is 12.7. The van der Waals surface area contributed by atoms with E-state index < -0.39 is 0 Å². The van der Waals surface area contributed by atoms with Gasteiger partial charge in [-0.25, -0.2) is 0 Å². The molecule has 104 valence electrons. The van der Waals surface area contributed by atoms with Crippen LogP contribution < -0.4 is 10.6 Å². The van der Waals surface area contributed by atoms with Gasteiger partial charge in [0.2, 0.25) is 0 Å². The zero-order valence-electron chi connectivity index (χ0n) is 10.4. The maximum atomic E-state index is 12.1. The summed E-state index contributed by atoms with van der Waals surface area (Å²) in [6.07, 6.45) is 0. The Bertz CT molecular complexity index is 650. The van der Waals surface area contributed by atoms with Crippen molar-refractivity contribution in [1.29, 1.82) is 0 Å². The smallest absolute Gasteiger partial charge is 0.256 e. The first-order valence-electron chi connectivity index (χ1n) is 5.58. The van der Waals surface area contributed by atoms with Crippen molar-refractivity contribution in [3.63, 3.8) is 0 Å². The van der Waals surface area contributed by atoms with Crippen molar-refractivity contribution in [3.05, 3.63) is 50.8 Å². The van der Waals surface area contributed by atoms with Gasteiger partial charge in [-0.05, 0) is 29.6 Å². The Balaban J connectivity index is 2.24. The van der Waals surface area contributed by atoms with Crippen LogP contribution in [0.15, 0.2) is 29.6 Å². The van der Waals surface area contributed by atoms with Gasteiger partial charge in [0.15, 0.2) is 0 Å². The highest BCUT2D eigenvalue weighted by Crippen LogP contribution is 2.25. The number of carbonyl (C=O) groups is 2.